The lowest BCUT2D eigenvalue weighted by molar-refractivity contribution is 0.0953. The summed E-state index contributed by atoms with van der Waals surface area (Å²) in [7, 11) is 0. The highest BCUT2D eigenvalue weighted by atomic mass is 16.2. The van der Waals surface area contributed by atoms with Crippen LogP contribution in [0.3, 0.4) is 0 Å². The second-order valence-electron chi connectivity index (χ2n) is 6.33. The van der Waals surface area contributed by atoms with Gasteiger partial charge in [-0.2, -0.15) is 0 Å². The number of nitrogens with two attached hydrogens (primary N) is 1. The van der Waals surface area contributed by atoms with Crippen LogP contribution in [0.5, 0.6) is 0 Å². The van der Waals surface area contributed by atoms with Crippen molar-refractivity contribution in [3.8, 4) is 0 Å². The minimum atomic E-state index is -0.374. The molecule has 23 heavy (non-hydrogen) atoms. The van der Waals surface area contributed by atoms with Gasteiger partial charge in [-0.25, -0.2) is 5.84 Å². The van der Waals surface area contributed by atoms with Crippen molar-refractivity contribution in [2.75, 3.05) is 5.32 Å². The van der Waals surface area contributed by atoms with Gasteiger partial charge in [0.05, 0.1) is 0 Å². The molecule has 0 spiro atoms. The van der Waals surface area contributed by atoms with Crippen molar-refractivity contribution < 1.29 is 9.59 Å². The highest BCUT2D eigenvalue weighted by Crippen LogP contribution is 2.22. The lowest BCUT2D eigenvalue weighted by Crippen LogP contribution is -2.29. The van der Waals surface area contributed by atoms with Gasteiger partial charge in [0.1, 0.15) is 0 Å². The van der Waals surface area contributed by atoms with Crippen LogP contribution in [-0.2, 0) is 5.41 Å². The van der Waals surface area contributed by atoms with Crippen LogP contribution in [0, 0.1) is 0 Å². The first-order valence-corrected chi connectivity index (χ1v) is 7.34. The van der Waals surface area contributed by atoms with Crippen LogP contribution >= 0.6 is 0 Å². The fraction of sp³-hybridized carbons (Fsp3) is 0.222. The second-order valence-corrected chi connectivity index (χ2v) is 6.33. The molecule has 0 saturated heterocycles. The second kappa shape index (κ2) is 6.62. The SMILES string of the molecule is CC(C)(C)c1ccc(C(=O)Nc2ccc(C(=O)NN)cc2)cc1. The van der Waals surface area contributed by atoms with Gasteiger partial charge in [0.2, 0.25) is 0 Å². The Kier molecular flexibility index (Phi) is 4.81. The van der Waals surface area contributed by atoms with E-state index in [1.165, 1.54) is 5.56 Å². The number of carbonyl (C=O) groups is 2. The molecule has 2 aromatic rings. The largest absolute Gasteiger partial charge is 0.322 e. The van der Waals surface area contributed by atoms with Crippen LogP contribution in [0.15, 0.2) is 48.5 Å². The van der Waals surface area contributed by atoms with Gasteiger partial charge in [-0.15, -0.1) is 0 Å². The molecule has 0 fully saturated rings. The average Bonchev–Trinajstić information content (AvgIpc) is 2.54. The van der Waals surface area contributed by atoms with Crippen molar-refractivity contribution in [1.82, 2.24) is 5.43 Å². The third-order valence-electron chi connectivity index (χ3n) is 3.55. The number of amides is 2. The van der Waals surface area contributed by atoms with Crippen molar-refractivity contribution in [3.05, 3.63) is 65.2 Å². The highest BCUT2D eigenvalue weighted by Gasteiger charge is 2.14. The van der Waals surface area contributed by atoms with Crippen molar-refractivity contribution in [2.24, 2.45) is 5.84 Å². The van der Waals surface area contributed by atoms with Gasteiger partial charge in [0.25, 0.3) is 11.8 Å². The van der Waals surface area contributed by atoms with Gasteiger partial charge in [-0.05, 0) is 47.4 Å². The Labute approximate surface area is 135 Å². The molecule has 5 nitrogen and oxygen atoms in total. The molecule has 2 amide bonds. The Balaban J connectivity index is 2.08. The molecule has 0 aromatic heterocycles. The fourth-order valence-electron chi connectivity index (χ4n) is 2.11. The standard InChI is InChI=1S/C18H21N3O2/c1-18(2,3)14-8-4-12(5-9-14)16(22)20-15-10-6-13(7-11-15)17(23)21-19/h4-11H,19H2,1-3H3,(H,20,22)(H,21,23). The number of nitrogens with one attached hydrogen (secondary N) is 2. The number of carbonyl (C=O) groups excluding carboxylic acids is 2. The number of nitrogen functional groups attached to an aromatic ring is 1. The van der Waals surface area contributed by atoms with E-state index in [0.29, 0.717) is 16.8 Å². The molecule has 0 atom stereocenters. The monoisotopic (exact) mass is 311 g/mol. The maximum absolute atomic E-state index is 12.2. The summed E-state index contributed by atoms with van der Waals surface area (Å²) in [6.07, 6.45) is 0. The van der Waals surface area contributed by atoms with E-state index in [-0.39, 0.29) is 17.2 Å². The quantitative estimate of drug-likeness (QED) is 0.463. The van der Waals surface area contributed by atoms with Crippen LogP contribution in [0.1, 0.15) is 47.1 Å². The summed E-state index contributed by atoms with van der Waals surface area (Å²) in [5.41, 5.74) is 4.91. The molecule has 0 aliphatic heterocycles. The lowest BCUT2D eigenvalue weighted by atomic mass is 9.87. The molecule has 0 radical (unpaired) electrons. The summed E-state index contributed by atoms with van der Waals surface area (Å²) in [5, 5.41) is 2.80. The van der Waals surface area contributed by atoms with E-state index in [9.17, 15) is 9.59 Å². The van der Waals surface area contributed by atoms with Crippen LogP contribution in [-0.4, -0.2) is 11.8 Å². The summed E-state index contributed by atoms with van der Waals surface area (Å²) in [6.45, 7) is 6.38. The topological polar surface area (TPSA) is 84.2 Å². The molecule has 120 valence electrons. The lowest BCUT2D eigenvalue weighted by Gasteiger charge is -2.19. The third kappa shape index (κ3) is 4.17. The Morgan fingerprint density at radius 3 is 1.78 bits per heavy atom. The summed E-state index contributed by atoms with van der Waals surface area (Å²) in [6, 6.07) is 14.1. The van der Waals surface area contributed by atoms with E-state index < -0.39 is 0 Å². The summed E-state index contributed by atoms with van der Waals surface area (Å²) in [4.78, 5) is 23.6. The van der Waals surface area contributed by atoms with Gasteiger partial charge < -0.3 is 5.32 Å². The molecule has 0 aliphatic carbocycles. The average molecular weight is 311 g/mol. The Hall–Kier alpha value is -2.66. The van der Waals surface area contributed by atoms with E-state index in [0.717, 1.165) is 0 Å². The number of anilines is 1. The van der Waals surface area contributed by atoms with Gasteiger partial charge in [0.15, 0.2) is 0 Å². The molecule has 0 aliphatic rings. The zero-order valence-corrected chi connectivity index (χ0v) is 13.5. The van der Waals surface area contributed by atoms with E-state index in [4.69, 9.17) is 5.84 Å². The van der Waals surface area contributed by atoms with Crippen molar-refractivity contribution in [1.29, 1.82) is 0 Å². The number of rotatable bonds is 3. The van der Waals surface area contributed by atoms with Crippen LogP contribution in [0.25, 0.3) is 0 Å². The summed E-state index contributed by atoms with van der Waals surface area (Å²) >= 11 is 0. The zero-order chi connectivity index (χ0) is 17.0. The van der Waals surface area contributed by atoms with E-state index >= 15 is 0 Å². The van der Waals surface area contributed by atoms with Gasteiger partial charge in [-0.3, -0.25) is 15.0 Å². The maximum Gasteiger partial charge on any atom is 0.265 e. The normalized spacial score (nSPS) is 11.0. The molecule has 2 aromatic carbocycles. The molecule has 4 N–H and O–H groups in total. The predicted octanol–water partition coefficient (Wildman–Crippen LogP) is 2.84. The first kappa shape index (κ1) is 16.7. The van der Waals surface area contributed by atoms with E-state index in [2.05, 4.69) is 31.5 Å². The summed E-state index contributed by atoms with van der Waals surface area (Å²) in [5.74, 6) is 4.50. The third-order valence-corrected chi connectivity index (χ3v) is 3.55. The van der Waals surface area contributed by atoms with Crippen molar-refractivity contribution in [3.63, 3.8) is 0 Å². The molecule has 0 heterocycles. The minimum absolute atomic E-state index is 0.0500. The molecule has 2 rings (SSSR count). The molecule has 0 unspecified atom stereocenters. The number of hydrazine groups is 1. The van der Waals surface area contributed by atoms with Crippen LogP contribution < -0.4 is 16.6 Å². The fourth-order valence-corrected chi connectivity index (χ4v) is 2.11. The Morgan fingerprint density at radius 2 is 1.30 bits per heavy atom. The van der Waals surface area contributed by atoms with Crippen molar-refractivity contribution in [2.45, 2.75) is 26.2 Å². The number of hydrogen-bond donors (Lipinski definition) is 3. The zero-order valence-electron chi connectivity index (χ0n) is 13.5. The first-order chi connectivity index (χ1) is 10.8. The van der Waals surface area contributed by atoms with Crippen LogP contribution in [0.2, 0.25) is 0 Å². The first-order valence-electron chi connectivity index (χ1n) is 7.34. The smallest absolute Gasteiger partial charge is 0.265 e. The number of benzene rings is 2. The highest BCUT2D eigenvalue weighted by molar-refractivity contribution is 6.04. The van der Waals surface area contributed by atoms with Crippen molar-refractivity contribution >= 4 is 17.5 Å². The molecular formula is C18H21N3O2. The number of hydrogen-bond acceptors (Lipinski definition) is 3. The molecule has 0 saturated carbocycles. The van der Waals surface area contributed by atoms with Gasteiger partial charge in [-0.1, -0.05) is 32.9 Å². The minimum Gasteiger partial charge on any atom is -0.322 e. The molecular weight excluding hydrogens is 290 g/mol. The summed E-state index contributed by atoms with van der Waals surface area (Å²) < 4.78 is 0. The van der Waals surface area contributed by atoms with Crippen LogP contribution in [0.4, 0.5) is 5.69 Å². The van der Waals surface area contributed by atoms with E-state index in [1.807, 2.05) is 24.3 Å². The van der Waals surface area contributed by atoms with Gasteiger partial charge in [0, 0.05) is 16.8 Å². The molecule has 0 bridgehead atoms. The maximum atomic E-state index is 12.2. The predicted molar refractivity (Wildman–Crippen MR) is 91.2 cm³/mol. The van der Waals surface area contributed by atoms with E-state index in [1.54, 1.807) is 24.3 Å². The Bertz CT molecular complexity index is 699. The van der Waals surface area contributed by atoms with Gasteiger partial charge >= 0.3 is 0 Å². The Morgan fingerprint density at radius 1 is 0.826 bits per heavy atom. The molecule has 5 heteroatoms.